The second kappa shape index (κ2) is 6.35. The summed E-state index contributed by atoms with van der Waals surface area (Å²) in [5, 5.41) is 3.49. The summed E-state index contributed by atoms with van der Waals surface area (Å²) < 4.78 is 0. The molecule has 0 amide bonds. The zero-order valence-corrected chi connectivity index (χ0v) is 11.5. The molecule has 1 aliphatic rings. The summed E-state index contributed by atoms with van der Waals surface area (Å²) in [6, 6.07) is 20.9. The van der Waals surface area contributed by atoms with Crippen LogP contribution >= 0.6 is 0 Å². The quantitative estimate of drug-likeness (QED) is 0.899. The van der Waals surface area contributed by atoms with Gasteiger partial charge in [-0.3, -0.25) is 10.3 Å². The van der Waals surface area contributed by atoms with Crippen molar-refractivity contribution in [3.8, 4) is 0 Å². The maximum atomic E-state index is 4.62. The first-order valence-corrected chi connectivity index (χ1v) is 7.03. The first-order chi connectivity index (χ1) is 9.93. The minimum Gasteiger partial charge on any atom is -0.342 e. The van der Waals surface area contributed by atoms with Crippen LogP contribution in [0.3, 0.4) is 0 Å². The topological polar surface area (TPSA) is 27.6 Å². The molecule has 20 heavy (non-hydrogen) atoms. The van der Waals surface area contributed by atoms with Crippen LogP contribution in [0.15, 0.2) is 65.7 Å². The highest BCUT2D eigenvalue weighted by molar-refractivity contribution is 5.99. The largest absolute Gasteiger partial charge is 0.342 e. The zero-order valence-electron chi connectivity index (χ0n) is 11.5. The standard InChI is InChI=1S/C17H19N3/c1-3-7-15(8-4-1)13-18-14-20-12-11-19-17(20)16-9-5-2-6-10-16/h1-10,18H,11-14H2. The molecule has 0 bridgehead atoms. The van der Waals surface area contributed by atoms with E-state index in [9.17, 15) is 0 Å². The summed E-state index contributed by atoms with van der Waals surface area (Å²) in [4.78, 5) is 6.92. The van der Waals surface area contributed by atoms with Gasteiger partial charge in [0.15, 0.2) is 0 Å². The van der Waals surface area contributed by atoms with Crippen LogP contribution in [-0.4, -0.2) is 30.5 Å². The van der Waals surface area contributed by atoms with E-state index in [1.165, 1.54) is 11.1 Å². The SMILES string of the molecule is c1ccc(CNCN2CCN=C2c2ccccc2)cc1. The minimum atomic E-state index is 0.836. The van der Waals surface area contributed by atoms with E-state index in [4.69, 9.17) is 0 Å². The van der Waals surface area contributed by atoms with Gasteiger partial charge in [0.05, 0.1) is 13.2 Å². The monoisotopic (exact) mass is 265 g/mol. The van der Waals surface area contributed by atoms with Gasteiger partial charge in [0.1, 0.15) is 5.84 Å². The van der Waals surface area contributed by atoms with E-state index in [2.05, 4.69) is 63.7 Å². The summed E-state index contributed by atoms with van der Waals surface area (Å²) in [5.74, 6) is 1.10. The summed E-state index contributed by atoms with van der Waals surface area (Å²) in [6.45, 7) is 3.60. The molecule has 0 saturated carbocycles. The summed E-state index contributed by atoms with van der Waals surface area (Å²) in [7, 11) is 0. The van der Waals surface area contributed by atoms with Gasteiger partial charge in [-0.2, -0.15) is 0 Å². The lowest BCUT2D eigenvalue weighted by Crippen LogP contribution is -2.37. The molecule has 1 aliphatic heterocycles. The minimum absolute atomic E-state index is 0.836. The first-order valence-electron chi connectivity index (χ1n) is 7.03. The number of amidine groups is 1. The molecule has 0 spiro atoms. The van der Waals surface area contributed by atoms with Crippen molar-refractivity contribution >= 4 is 5.84 Å². The highest BCUT2D eigenvalue weighted by Crippen LogP contribution is 2.10. The third-order valence-electron chi connectivity index (χ3n) is 3.44. The van der Waals surface area contributed by atoms with Gasteiger partial charge in [-0.1, -0.05) is 60.7 Å². The van der Waals surface area contributed by atoms with Gasteiger partial charge in [-0.15, -0.1) is 0 Å². The lowest BCUT2D eigenvalue weighted by atomic mass is 10.2. The Morgan fingerprint density at radius 3 is 2.40 bits per heavy atom. The highest BCUT2D eigenvalue weighted by Gasteiger charge is 2.17. The molecule has 2 aromatic carbocycles. The normalized spacial score (nSPS) is 14.4. The van der Waals surface area contributed by atoms with Crippen LogP contribution in [0.1, 0.15) is 11.1 Å². The second-order valence-electron chi connectivity index (χ2n) is 4.91. The predicted molar refractivity (Wildman–Crippen MR) is 82.7 cm³/mol. The fraction of sp³-hybridized carbons (Fsp3) is 0.235. The third kappa shape index (κ3) is 3.06. The van der Waals surface area contributed by atoms with E-state index in [1.807, 2.05) is 12.1 Å². The molecule has 0 radical (unpaired) electrons. The maximum Gasteiger partial charge on any atom is 0.132 e. The summed E-state index contributed by atoms with van der Waals surface area (Å²) in [5.41, 5.74) is 2.51. The van der Waals surface area contributed by atoms with Crippen molar-refractivity contribution in [1.29, 1.82) is 0 Å². The van der Waals surface area contributed by atoms with Crippen LogP contribution in [-0.2, 0) is 6.54 Å². The smallest absolute Gasteiger partial charge is 0.132 e. The van der Waals surface area contributed by atoms with Gasteiger partial charge in [-0.25, -0.2) is 0 Å². The predicted octanol–water partition coefficient (Wildman–Crippen LogP) is 2.50. The maximum absolute atomic E-state index is 4.62. The average Bonchev–Trinajstić information content (AvgIpc) is 2.98. The number of benzene rings is 2. The molecule has 1 heterocycles. The molecule has 0 atom stereocenters. The average molecular weight is 265 g/mol. The van der Waals surface area contributed by atoms with E-state index in [1.54, 1.807) is 0 Å². The molecule has 3 heteroatoms. The van der Waals surface area contributed by atoms with E-state index >= 15 is 0 Å². The number of aliphatic imine (C=N–C) groups is 1. The van der Waals surface area contributed by atoms with Crippen molar-refractivity contribution in [1.82, 2.24) is 10.2 Å². The fourth-order valence-corrected chi connectivity index (χ4v) is 2.43. The number of rotatable bonds is 5. The van der Waals surface area contributed by atoms with Gasteiger partial charge in [0.25, 0.3) is 0 Å². The molecule has 0 unspecified atom stereocenters. The van der Waals surface area contributed by atoms with Gasteiger partial charge >= 0.3 is 0 Å². The van der Waals surface area contributed by atoms with Crippen LogP contribution in [0.4, 0.5) is 0 Å². The van der Waals surface area contributed by atoms with Crippen molar-refractivity contribution in [2.45, 2.75) is 6.54 Å². The van der Waals surface area contributed by atoms with Crippen molar-refractivity contribution in [3.05, 3.63) is 71.8 Å². The Labute approximate surface area is 120 Å². The number of nitrogens with zero attached hydrogens (tertiary/aromatic N) is 2. The molecule has 0 fully saturated rings. The number of hydrogen-bond acceptors (Lipinski definition) is 3. The second-order valence-corrected chi connectivity index (χ2v) is 4.91. The fourth-order valence-electron chi connectivity index (χ4n) is 2.43. The van der Waals surface area contributed by atoms with Gasteiger partial charge in [0, 0.05) is 18.7 Å². The molecule has 0 saturated heterocycles. The van der Waals surface area contributed by atoms with E-state index in [-0.39, 0.29) is 0 Å². The van der Waals surface area contributed by atoms with Crippen LogP contribution in [0.2, 0.25) is 0 Å². The highest BCUT2D eigenvalue weighted by atomic mass is 15.3. The lowest BCUT2D eigenvalue weighted by molar-refractivity contribution is 0.409. The van der Waals surface area contributed by atoms with E-state index in [0.29, 0.717) is 0 Å². The summed E-state index contributed by atoms with van der Waals surface area (Å²) in [6.07, 6.45) is 0. The van der Waals surface area contributed by atoms with Crippen LogP contribution < -0.4 is 5.32 Å². The van der Waals surface area contributed by atoms with E-state index < -0.39 is 0 Å². The van der Waals surface area contributed by atoms with Gasteiger partial charge in [0.2, 0.25) is 0 Å². The summed E-state index contributed by atoms with van der Waals surface area (Å²) >= 11 is 0. The third-order valence-corrected chi connectivity index (χ3v) is 3.44. The van der Waals surface area contributed by atoms with Crippen molar-refractivity contribution in [2.75, 3.05) is 19.8 Å². The molecule has 102 valence electrons. The first kappa shape index (κ1) is 12.9. The zero-order chi connectivity index (χ0) is 13.6. The molecule has 1 N–H and O–H groups in total. The van der Waals surface area contributed by atoms with Crippen molar-refractivity contribution < 1.29 is 0 Å². The Morgan fingerprint density at radius 2 is 1.65 bits per heavy atom. The molecular weight excluding hydrogens is 246 g/mol. The molecule has 0 aliphatic carbocycles. The molecule has 2 aromatic rings. The van der Waals surface area contributed by atoms with Gasteiger partial charge in [-0.05, 0) is 5.56 Å². The van der Waals surface area contributed by atoms with Crippen LogP contribution in [0.25, 0.3) is 0 Å². The van der Waals surface area contributed by atoms with Crippen LogP contribution in [0, 0.1) is 0 Å². The van der Waals surface area contributed by atoms with E-state index in [0.717, 1.165) is 32.1 Å². The molecule has 0 aromatic heterocycles. The van der Waals surface area contributed by atoms with Crippen molar-refractivity contribution in [3.63, 3.8) is 0 Å². The van der Waals surface area contributed by atoms with Crippen LogP contribution in [0.5, 0.6) is 0 Å². The number of nitrogens with one attached hydrogen (secondary N) is 1. The molecule has 3 rings (SSSR count). The Hall–Kier alpha value is -2.13. The van der Waals surface area contributed by atoms with Crippen molar-refractivity contribution in [2.24, 2.45) is 4.99 Å². The Balaban J connectivity index is 1.57. The Morgan fingerprint density at radius 1 is 0.950 bits per heavy atom. The Bertz CT molecular complexity index is 563. The number of hydrogen-bond donors (Lipinski definition) is 1. The molecular formula is C17H19N3. The Kier molecular flexibility index (Phi) is 4.09. The molecule has 3 nitrogen and oxygen atoms in total. The van der Waals surface area contributed by atoms with Gasteiger partial charge < -0.3 is 4.90 Å². The lowest BCUT2D eigenvalue weighted by Gasteiger charge is -2.21.